The van der Waals surface area contributed by atoms with E-state index in [2.05, 4.69) is 10.2 Å². The maximum atomic E-state index is 10.7. The number of nitrogens with one attached hydrogen (secondary N) is 1. The third-order valence-corrected chi connectivity index (χ3v) is 3.60. The normalized spacial score (nSPS) is 16.5. The summed E-state index contributed by atoms with van der Waals surface area (Å²) in [5.41, 5.74) is 2.92. The summed E-state index contributed by atoms with van der Waals surface area (Å²) in [6, 6.07) is 5.90. The molecule has 2 rings (SSSR count). The number of likely N-dealkylation sites (tertiary alicyclic amines) is 1. The first kappa shape index (κ1) is 13.1. The minimum absolute atomic E-state index is 0.775. The van der Waals surface area contributed by atoms with E-state index in [0.717, 1.165) is 36.2 Å². The second kappa shape index (κ2) is 6.55. The lowest BCUT2D eigenvalue weighted by molar-refractivity contribution is 0.112. The van der Waals surface area contributed by atoms with Gasteiger partial charge in [0.1, 0.15) is 6.29 Å². The Balaban J connectivity index is 1.79. The molecule has 1 aromatic carbocycles. The molecular formula is C15H22N2O. The van der Waals surface area contributed by atoms with E-state index in [1.54, 1.807) is 0 Å². The fourth-order valence-corrected chi connectivity index (χ4v) is 2.46. The van der Waals surface area contributed by atoms with E-state index in [1.807, 2.05) is 25.1 Å². The van der Waals surface area contributed by atoms with Gasteiger partial charge in [-0.15, -0.1) is 0 Å². The summed E-state index contributed by atoms with van der Waals surface area (Å²) in [6.07, 6.45) is 4.98. The van der Waals surface area contributed by atoms with Crippen molar-refractivity contribution in [1.29, 1.82) is 0 Å². The highest BCUT2D eigenvalue weighted by molar-refractivity contribution is 5.78. The molecule has 1 aliphatic rings. The molecule has 0 radical (unpaired) electrons. The number of aryl methyl sites for hydroxylation is 1. The number of benzene rings is 1. The average Bonchev–Trinajstić information content (AvgIpc) is 2.40. The number of nitrogens with zero attached hydrogens (tertiary/aromatic N) is 1. The molecule has 98 valence electrons. The van der Waals surface area contributed by atoms with Gasteiger partial charge in [0.25, 0.3) is 0 Å². The van der Waals surface area contributed by atoms with Crippen molar-refractivity contribution in [3.05, 3.63) is 29.3 Å². The standard InChI is InChI=1S/C15H22N2O/c1-13-11-15(6-5-14(13)12-18)16-7-10-17-8-3-2-4-9-17/h5-6,11-12,16H,2-4,7-10H2,1H3. The quantitative estimate of drug-likeness (QED) is 0.811. The van der Waals surface area contributed by atoms with Crippen LogP contribution in [0, 0.1) is 6.92 Å². The van der Waals surface area contributed by atoms with Crippen LogP contribution in [-0.4, -0.2) is 37.4 Å². The van der Waals surface area contributed by atoms with Crippen molar-refractivity contribution in [2.75, 3.05) is 31.5 Å². The second-order valence-electron chi connectivity index (χ2n) is 5.02. The molecule has 3 nitrogen and oxygen atoms in total. The van der Waals surface area contributed by atoms with Crippen molar-refractivity contribution in [2.45, 2.75) is 26.2 Å². The van der Waals surface area contributed by atoms with Crippen LogP contribution in [0.4, 0.5) is 5.69 Å². The lowest BCUT2D eigenvalue weighted by atomic mass is 10.1. The van der Waals surface area contributed by atoms with E-state index in [0.29, 0.717) is 0 Å². The molecule has 1 aliphatic heterocycles. The van der Waals surface area contributed by atoms with E-state index in [1.165, 1.54) is 32.4 Å². The van der Waals surface area contributed by atoms with Gasteiger partial charge in [0.15, 0.2) is 0 Å². The molecule has 0 unspecified atom stereocenters. The Kier molecular flexibility index (Phi) is 4.76. The van der Waals surface area contributed by atoms with Crippen LogP contribution < -0.4 is 5.32 Å². The van der Waals surface area contributed by atoms with Crippen LogP contribution in [0.25, 0.3) is 0 Å². The number of piperidine rings is 1. The van der Waals surface area contributed by atoms with Gasteiger partial charge in [0.05, 0.1) is 0 Å². The smallest absolute Gasteiger partial charge is 0.150 e. The van der Waals surface area contributed by atoms with Crippen LogP contribution in [0.3, 0.4) is 0 Å². The van der Waals surface area contributed by atoms with Gasteiger partial charge < -0.3 is 10.2 Å². The molecule has 0 aromatic heterocycles. The highest BCUT2D eigenvalue weighted by Gasteiger charge is 2.08. The average molecular weight is 246 g/mol. The molecule has 1 aromatic rings. The molecule has 3 heteroatoms. The SMILES string of the molecule is Cc1cc(NCCN2CCCCC2)ccc1C=O. The van der Waals surface area contributed by atoms with Crippen LogP contribution in [-0.2, 0) is 0 Å². The molecule has 0 amide bonds. The zero-order valence-electron chi connectivity index (χ0n) is 11.1. The Hall–Kier alpha value is -1.35. The van der Waals surface area contributed by atoms with Crippen LogP contribution in [0.15, 0.2) is 18.2 Å². The monoisotopic (exact) mass is 246 g/mol. The number of carbonyl (C=O) groups excluding carboxylic acids is 1. The van der Waals surface area contributed by atoms with Crippen molar-refractivity contribution in [3.8, 4) is 0 Å². The minimum atomic E-state index is 0.775. The molecule has 0 spiro atoms. The first-order chi connectivity index (χ1) is 8.79. The molecule has 1 heterocycles. The van der Waals surface area contributed by atoms with Gasteiger partial charge in [-0.3, -0.25) is 4.79 Å². The molecule has 0 saturated carbocycles. The highest BCUT2D eigenvalue weighted by Crippen LogP contribution is 2.14. The van der Waals surface area contributed by atoms with Gasteiger partial charge in [-0.2, -0.15) is 0 Å². The Morgan fingerprint density at radius 2 is 2.06 bits per heavy atom. The predicted octanol–water partition coefficient (Wildman–Crippen LogP) is 2.71. The van der Waals surface area contributed by atoms with Crippen molar-refractivity contribution in [1.82, 2.24) is 4.90 Å². The van der Waals surface area contributed by atoms with Crippen LogP contribution in [0.1, 0.15) is 35.2 Å². The summed E-state index contributed by atoms with van der Waals surface area (Å²) in [5.74, 6) is 0. The van der Waals surface area contributed by atoms with E-state index in [-0.39, 0.29) is 0 Å². The molecule has 1 N–H and O–H groups in total. The van der Waals surface area contributed by atoms with E-state index >= 15 is 0 Å². The van der Waals surface area contributed by atoms with Crippen molar-refractivity contribution in [2.24, 2.45) is 0 Å². The Labute approximate surface area is 109 Å². The van der Waals surface area contributed by atoms with Gasteiger partial charge in [-0.05, 0) is 56.6 Å². The summed E-state index contributed by atoms with van der Waals surface area (Å²) >= 11 is 0. The summed E-state index contributed by atoms with van der Waals surface area (Å²) in [7, 11) is 0. The van der Waals surface area contributed by atoms with E-state index in [4.69, 9.17) is 0 Å². The molecular weight excluding hydrogens is 224 g/mol. The van der Waals surface area contributed by atoms with Crippen molar-refractivity contribution < 1.29 is 4.79 Å². The number of aldehydes is 1. The fraction of sp³-hybridized carbons (Fsp3) is 0.533. The number of hydrogen-bond donors (Lipinski definition) is 1. The summed E-state index contributed by atoms with van der Waals surface area (Å²) < 4.78 is 0. The zero-order valence-corrected chi connectivity index (χ0v) is 11.1. The van der Waals surface area contributed by atoms with Crippen LogP contribution in [0.5, 0.6) is 0 Å². The van der Waals surface area contributed by atoms with Gasteiger partial charge in [-0.1, -0.05) is 6.42 Å². The van der Waals surface area contributed by atoms with Gasteiger partial charge >= 0.3 is 0 Å². The van der Waals surface area contributed by atoms with Crippen molar-refractivity contribution >= 4 is 12.0 Å². The predicted molar refractivity (Wildman–Crippen MR) is 75.3 cm³/mol. The van der Waals surface area contributed by atoms with Crippen LogP contribution in [0.2, 0.25) is 0 Å². The van der Waals surface area contributed by atoms with E-state index in [9.17, 15) is 4.79 Å². The topological polar surface area (TPSA) is 32.3 Å². The van der Waals surface area contributed by atoms with Gasteiger partial charge in [-0.25, -0.2) is 0 Å². The first-order valence-corrected chi connectivity index (χ1v) is 6.81. The lowest BCUT2D eigenvalue weighted by Crippen LogP contribution is -2.33. The minimum Gasteiger partial charge on any atom is -0.384 e. The fourth-order valence-electron chi connectivity index (χ4n) is 2.46. The highest BCUT2D eigenvalue weighted by atomic mass is 16.1. The number of rotatable bonds is 5. The van der Waals surface area contributed by atoms with Crippen molar-refractivity contribution in [3.63, 3.8) is 0 Å². The summed E-state index contributed by atoms with van der Waals surface area (Å²) in [5, 5.41) is 3.43. The molecule has 1 saturated heterocycles. The molecule has 0 bridgehead atoms. The summed E-state index contributed by atoms with van der Waals surface area (Å²) in [4.78, 5) is 13.2. The van der Waals surface area contributed by atoms with Gasteiger partial charge in [0.2, 0.25) is 0 Å². The summed E-state index contributed by atoms with van der Waals surface area (Å²) in [6.45, 7) is 6.53. The number of anilines is 1. The molecule has 0 aliphatic carbocycles. The maximum absolute atomic E-state index is 10.7. The van der Waals surface area contributed by atoms with E-state index < -0.39 is 0 Å². The lowest BCUT2D eigenvalue weighted by Gasteiger charge is -2.26. The first-order valence-electron chi connectivity index (χ1n) is 6.81. The Morgan fingerprint density at radius 3 is 2.72 bits per heavy atom. The third-order valence-electron chi connectivity index (χ3n) is 3.60. The zero-order chi connectivity index (χ0) is 12.8. The molecule has 18 heavy (non-hydrogen) atoms. The number of carbonyl (C=O) groups is 1. The third kappa shape index (κ3) is 3.57. The molecule has 0 atom stereocenters. The van der Waals surface area contributed by atoms with Crippen LogP contribution >= 0.6 is 0 Å². The second-order valence-corrected chi connectivity index (χ2v) is 5.02. The Morgan fingerprint density at radius 1 is 1.28 bits per heavy atom. The number of hydrogen-bond acceptors (Lipinski definition) is 3. The largest absolute Gasteiger partial charge is 0.384 e. The Bertz CT molecular complexity index is 397. The van der Waals surface area contributed by atoms with Gasteiger partial charge in [0, 0.05) is 24.3 Å². The molecule has 1 fully saturated rings. The maximum Gasteiger partial charge on any atom is 0.150 e.